The number of sulfonamides is 1. The first-order valence-corrected chi connectivity index (χ1v) is 12.5. The van der Waals surface area contributed by atoms with Gasteiger partial charge in [-0.15, -0.1) is 11.3 Å². The number of guanidine groups is 1. The minimum Gasteiger partial charge on any atom is -0.480 e. The molecule has 9 N–H and O–H groups in total. The Morgan fingerprint density at radius 1 is 1.18 bits per heavy atom. The molecule has 0 aliphatic heterocycles. The van der Waals surface area contributed by atoms with Crippen molar-refractivity contribution in [2.75, 3.05) is 17.8 Å². The summed E-state index contributed by atoms with van der Waals surface area (Å²) in [5.74, 6) is -2.03. The van der Waals surface area contributed by atoms with Crippen LogP contribution in [0.3, 0.4) is 0 Å². The van der Waals surface area contributed by atoms with Gasteiger partial charge in [0, 0.05) is 6.54 Å². The third-order valence-electron chi connectivity index (χ3n) is 4.54. The Morgan fingerprint density at radius 2 is 1.94 bits per heavy atom. The minimum atomic E-state index is -3.97. The van der Waals surface area contributed by atoms with E-state index in [0.717, 1.165) is 23.3 Å². The zero-order valence-electron chi connectivity index (χ0n) is 17.9. The summed E-state index contributed by atoms with van der Waals surface area (Å²) in [5, 5.41) is 13.4. The Bertz CT molecular complexity index is 1100. The monoisotopic (exact) mass is 496 g/mol. The zero-order valence-corrected chi connectivity index (χ0v) is 19.5. The third-order valence-corrected chi connectivity index (χ3v) is 6.82. The summed E-state index contributed by atoms with van der Waals surface area (Å²) in [5.41, 5.74) is 16.9. The highest BCUT2D eigenvalue weighted by molar-refractivity contribution is 7.92. The van der Waals surface area contributed by atoms with Gasteiger partial charge in [-0.25, -0.2) is 13.2 Å². The average Bonchev–Trinajstić information content (AvgIpc) is 3.21. The molecule has 1 heterocycles. The maximum atomic E-state index is 12.9. The number of nitrogens with two attached hydrogens (primary N) is 3. The number of carboxylic acids is 1. The van der Waals surface area contributed by atoms with Crippen molar-refractivity contribution < 1.29 is 23.1 Å². The molecule has 11 nitrogen and oxygen atoms in total. The first-order valence-electron chi connectivity index (χ1n) is 10.1. The van der Waals surface area contributed by atoms with Gasteiger partial charge < -0.3 is 27.6 Å². The molecule has 1 amide bonds. The molecule has 0 aliphatic carbocycles. The number of carboxylic acid groups (broad SMARTS) is 1. The average molecular weight is 497 g/mol. The normalized spacial score (nSPS) is 12.0. The fraction of sp³-hybridized carbons (Fsp3) is 0.350. The molecule has 2 rings (SSSR count). The van der Waals surface area contributed by atoms with Crippen LogP contribution in [0.5, 0.6) is 0 Å². The van der Waals surface area contributed by atoms with Crippen LogP contribution < -0.4 is 27.2 Å². The highest BCUT2D eigenvalue weighted by Crippen LogP contribution is 2.26. The van der Waals surface area contributed by atoms with Gasteiger partial charge in [0.2, 0.25) is 0 Å². The number of carbonyl (C=O) groups excluding carboxylic acids is 1. The molecule has 0 fully saturated rings. The van der Waals surface area contributed by atoms with Gasteiger partial charge in [0.15, 0.2) is 5.96 Å². The van der Waals surface area contributed by atoms with E-state index in [-0.39, 0.29) is 34.4 Å². The van der Waals surface area contributed by atoms with Crippen molar-refractivity contribution in [2.45, 2.75) is 36.6 Å². The van der Waals surface area contributed by atoms with Crippen LogP contribution in [0.2, 0.25) is 0 Å². The van der Waals surface area contributed by atoms with E-state index in [9.17, 15) is 23.1 Å². The maximum Gasteiger partial charge on any atom is 0.326 e. The second-order valence-corrected chi connectivity index (χ2v) is 9.72. The lowest BCUT2D eigenvalue weighted by atomic mass is 10.1. The molecule has 0 saturated heterocycles. The predicted molar refractivity (Wildman–Crippen MR) is 128 cm³/mol. The number of nitrogens with zero attached hydrogens (tertiary/aromatic N) is 1. The van der Waals surface area contributed by atoms with Crippen LogP contribution in [-0.4, -0.2) is 50.5 Å². The van der Waals surface area contributed by atoms with Crippen molar-refractivity contribution in [3.05, 3.63) is 46.2 Å². The first-order chi connectivity index (χ1) is 15.6. The molecule has 0 radical (unpaired) electrons. The summed E-state index contributed by atoms with van der Waals surface area (Å²) in [6.07, 6.45) is 1.80. The highest BCUT2D eigenvalue weighted by atomic mass is 32.2. The number of anilines is 1. The molecule has 1 atom stereocenters. The van der Waals surface area contributed by atoms with E-state index in [1.54, 1.807) is 17.5 Å². The number of hydrogen-bond acceptors (Lipinski definition) is 7. The summed E-state index contributed by atoms with van der Waals surface area (Å²) < 4.78 is 28.2. The molecule has 0 spiro atoms. The fourth-order valence-electron chi connectivity index (χ4n) is 2.93. The molecular weight excluding hydrogens is 468 g/mol. The Morgan fingerprint density at radius 3 is 2.61 bits per heavy atom. The van der Waals surface area contributed by atoms with Gasteiger partial charge in [0.05, 0.1) is 10.6 Å². The molecular formula is C20H28N6O5S2. The van der Waals surface area contributed by atoms with Crippen molar-refractivity contribution in [1.82, 2.24) is 5.32 Å². The number of amides is 1. The smallest absolute Gasteiger partial charge is 0.326 e. The van der Waals surface area contributed by atoms with E-state index < -0.39 is 27.9 Å². The third kappa shape index (κ3) is 8.04. The van der Waals surface area contributed by atoms with Crippen molar-refractivity contribution in [3.8, 4) is 0 Å². The van der Waals surface area contributed by atoms with Crippen LogP contribution >= 0.6 is 11.3 Å². The van der Waals surface area contributed by atoms with Gasteiger partial charge >= 0.3 is 5.97 Å². The van der Waals surface area contributed by atoms with Gasteiger partial charge in [0.1, 0.15) is 10.9 Å². The van der Waals surface area contributed by atoms with E-state index in [2.05, 4.69) is 15.0 Å². The van der Waals surface area contributed by atoms with Gasteiger partial charge in [-0.05, 0) is 61.4 Å². The van der Waals surface area contributed by atoms with E-state index in [0.29, 0.717) is 19.4 Å². The molecule has 0 bridgehead atoms. The summed E-state index contributed by atoms with van der Waals surface area (Å²) in [6.45, 7) is 0.713. The number of aliphatic imine (C=N–C) groups is 1. The Hall–Kier alpha value is -3.16. The van der Waals surface area contributed by atoms with Crippen molar-refractivity contribution >= 4 is 44.9 Å². The van der Waals surface area contributed by atoms with Crippen LogP contribution in [-0.2, 0) is 21.2 Å². The molecule has 2 aromatic rings. The lowest BCUT2D eigenvalue weighted by molar-refractivity contribution is -0.139. The minimum absolute atomic E-state index is 0.0494. The molecule has 13 heteroatoms. The molecule has 1 aromatic carbocycles. The van der Waals surface area contributed by atoms with Gasteiger partial charge in [-0.1, -0.05) is 12.1 Å². The van der Waals surface area contributed by atoms with E-state index in [1.807, 2.05) is 6.07 Å². The van der Waals surface area contributed by atoms with Gasteiger partial charge in [-0.2, -0.15) is 0 Å². The van der Waals surface area contributed by atoms with E-state index in [1.165, 1.54) is 12.1 Å². The number of nitrogens with one attached hydrogen (secondary N) is 2. The number of benzene rings is 1. The standard InChI is InChI=1S/C20H28N6O5S2/c21-9-2-5-13-4-1-6-14(12-13)33(30,31)26-15-8-11-32-17(15)18(27)25-16(19(28)29)7-3-10-24-20(22)23/h1,4,6,8,11-12,16,26H,2-3,5,7,9-10,21H2,(H,25,27)(H,28,29)(H4,22,23,24)/t16-/m0/s1. The number of carbonyl (C=O) groups is 2. The van der Waals surface area contributed by atoms with Crippen molar-refractivity contribution in [2.24, 2.45) is 22.2 Å². The van der Waals surface area contributed by atoms with Crippen LogP contribution in [0, 0.1) is 0 Å². The van der Waals surface area contributed by atoms with Gasteiger partial charge in [0.25, 0.3) is 15.9 Å². The zero-order chi connectivity index (χ0) is 24.4. The second kappa shape index (κ2) is 12.2. The summed E-state index contributed by atoms with van der Waals surface area (Å²) >= 11 is 0.993. The summed E-state index contributed by atoms with van der Waals surface area (Å²) in [4.78, 5) is 28.1. The summed E-state index contributed by atoms with van der Waals surface area (Å²) in [7, 11) is -3.97. The first kappa shape index (κ1) is 26.1. The lowest BCUT2D eigenvalue weighted by Crippen LogP contribution is -2.40. The maximum absolute atomic E-state index is 12.9. The SMILES string of the molecule is NCCCc1cccc(S(=O)(=O)Nc2ccsc2C(=O)N[C@@H](CCCN=C(N)N)C(=O)O)c1. The predicted octanol–water partition coefficient (Wildman–Crippen LogP) is 0.677. The Kier molecular flexibility index (Phi) is 9.63. The number of hydrogen-bond donors (Lipinski definition) is 6. The molecule has 0 saturated carbocycles. The molecule has 1 aromatic heterocycles. The van der Waals surface area contributed by atoms with Crippen LogP contribution in [0.15, 0.2) is 45.6 Å². The number of rotatable bonds is 13. The van der Waals surface area contributed by atoms with Crippen LogP contribution in [0.25, 0.3) is 0 Å². The van der Waals surface area contributed by atoms with Crippen molar-refractivity contribution in [3.63, 3.8) is 0 Å². The fourth-order valence-corrected chi connectivity index (χ4v) is 4.89. The van der Waals surface area contributed by atoms with Crippen LogP contribution in [0.4, 0.5) is 5.69 Å². The molecule has 33 heavy (non-hydrogen) atoms. The topological polar surface area (TPSA) is 203 Å². The lowest BCUT2D eigenvalue weighted by Gasteiger charge is -2.15. The van der Waals surface area contributed by atoms with Gasteiger partial charge in [-0.3, -0.25) is 14.5 Å². The highest BCUT2D eigenvalue weighted by Gasteiger charge is 2.24. The van der Waals surface area contributed by atoms with E-state index in [4.69, 9.17) is 17.2 Å². The molecule has 180 valence electrons. The van der Waals surface area contributed by atoms with Crippen LogP contribution in [0.1, 0.15) is 34.5 Å². The number of aryl methyl sites for hydroxylation is 1. The summed E-state index contributed by atoms with van der Waals surface area (Å²) in [6, 6.07) is 6.74. The Labute approximate surface area is 196 Å². The van der Waals surface area contributed by atoms with Crippen molar-refractivity contribution in [1.29, 1.82) is 0 Å². The number of aliphatic carboxylic acids is 1. The van der Waals surface area contributed by atoms with E-state index >= 15 is 0 Å². The second-order valence-electron chi connectivity index (χ2n) is 7.12. The largest absolute Gasteiger partial charge is 0.480 e. The molecule has 0 unspecified atom stereocenters. The Balaban J connectivity index is 2.12. The number of thiophene rings is 1. The molecule has 0 aliphatic rings. The quantitative estimate of drug-likeness (QED) is 0.132.